The van der Waals surface area contributed by atoms with Crippen molar-refractivity contribution in [2.45, 2.75) is 32.9 Å². The van der Waals surface area contributed by atoms with Crippen LogP contribution in [0.2, 0.25) is 0 Å². The van der Waals surface area contributed by atoms with Crippen LogP contribution in [0.25, 0.3) is 10.9 Å². The third-order valence-electron chi connectivity index (χ3n) is 5.09. The second kappa shape index (κ2) is 8.24. The Kier molecular flexibility index (Phi) is 5.61. The zero-order valence-electron chi connectivity index (χ0n) is 18.4. The lowest BCUT2D eigenvalue weighted by Gasteiger charge is -2.35. The second-order valence-electron chi connectivity index (χ2n) is 8.40. The number of benzene rings is 2. The van der Waals surface area contributed by atoms with Crippen LogP contribution in [0.15, 0.2) is 82.1 Å². The normalized spacial score (nSPS) is 13.5. The number of fused-ring (bicyclic) bond motifs is 1. The molecule has 2 heterocycles. The molecule has 0 aliphatic heterocycles. The number of nitro benzene ring substituents is 1. The number of pyridine rings is 1. The van der Waals surface area contributed by atoms with Crippen molar-refractivity contribution in [1.82, 2.24) is 4.98 Å². The summed E-state index contributed by atoms with van der Waals surface area (Å²) in [4.78, 5) is 15.8. The van der Waals surface area contributed by atoms with Crippen molar-refractivity contribution in [2.24, 2.45) is 4.74 Å². The fraction of sp³-hybridized carbons (Fsp3) is 0.208. The van der Waals surface area contributed by atoms with E-state index in [1.54, 1.807) is 24.4 Å². The van der Waals surface area contributed by atoms with Crippen molar-refractivity contribution in [3.05, 3.63) is 88.8 Å². The Morgan fingerprint density at radius 3 is 2.47 bits per heavy atom. The zero-order chi connectivity index (χ0) is 22.9. The fourth-order valence-electron chi connectivity index (χ4n) is 3.46. The number of aromatic nitrogens is 1. The van der Waals surface area contributed by atoms with Gasteiger partial charge in [-0.2, -0.15) is 0 Å². The molecule has 4 rings (SSSR count). The zero-order valence-corrected chi connectivity index (χ0v) is 19.2. The van der Waals surface area contributed by atoms with Crippen LogP contribution in [0.5, 0.6) is 5.75 Å². The lowest BCUT2D eigenvalue weighted by Crippen LogP contribution is -2.26. The molecule has 7 nitrogen and oxygen atoms in total. The second-order valence-corrected chi connectivity index (χ2v) is 11.7. The number of hydrogen-bond donors (Lipinski definition) is 0. The number of furan rings is 1. The van der Waals surface area contributed by atoms with Crippen molar-refractivity contribution in [1.29, 1.82) is 0 Å². The molecule has 2 aromatic carbocycles. The highest BCUT2D eigenvalue weighted by molar-refractivity contribution is 7.70. The van der Waals surface area contributed by atoms with Gasteiger partial charge in [-0.15, -0.1) is 0 Å². The lowest BCUT2D eigenvalue weighted by molar-refractivity contribution is -0.384. The van der Waals surface area contributed by atoms with Crippen molar-refractivity contribution >= 4 is 35.1 Å². The molecule has 1 atom stereocenters. The SMILES string of the molecule is Cc1ccc([P@](=Nc2ccccc2[N+](=O)[O-])(Oc2cccc3cccnc23)C(C)(C)C)o1. The maximum atomic E-state index is 11.7. The smallest absolute Gasteiger partial charge is 0.294 e. The van der Waals surface area contributed by atoms with Gasteiger partial charge in [0.05, 0.1) is 4.92 Å². The van der Waals surface area contributed by atoms with E-state index in [0.717, 1.165) is 5.39 Å². The Hall–Kier alpha value is -3.44. The summed E-state index contributed by atoms with van der Waals surface area (Å²) in [5, 5.41) is 12.1. The highest BCUT2D eigenvalue weighted by atomic mass is 31.2. The third-order valence-corrected chi connectivity index (χ3v) is 8.70. The van der Waals surface area contributed by atoms with Crippen molar-refractivity contribution < 1.29 is 13.9 Å². The van der Waals surface area contributed by atoms with E-state index in [-0.39, 0.29) is 11.4 Å². The molecule has 0 saturated heterocycles. The van der Waals surface area contributed by atoms with Gasteiger partial charge in [-0.3, -0.25) is 15.1 Å². The quantitative estimate of drug-likeness (QED) is 0.186. The maximum absolute atomic E-state index is 11.7. The van der Waals surface area contributed by atoms with Crippen LogP contribution in [0.4, 0.5) is 11.4 Å². The number of nitrogens with zero attached hydrogens (tertiary/aromatic N) is 3. The Morgan fingerprint density at radius 1 is 1.03 bits per heavy atom. The van der Waals surface area contributed by atoms with Crippen LogP contribution in [-0.4, -0.2) is 15.1 Å². The van der Waals surface area contributed by atoms with E-state index in [1.807, 2.05) is 70.2 Å². The molecule has 0 bridgehead atoms. The van der Waals surface area contributed by atoms with E-state index < -0.39 is 17.4 Å². The first-order valence-electron chi connectivity index (χ1n) is 10.2. The van der Waals surface area contributed by atoms with Gasteiger partial charge in [0, 0.05) is 22.8 Å². The summed E-state index contributed by atoms with van der Waals surface area (Å²) in [5.41, 5.74) is 1.44. The highest BCUT2D eigenvalue weighted by Crippen LogP contribution is 2.63. The molecule has 0 fully saturated rings. The molecule has 2 aromatic heterocycles. The first-order chi connectivity index (χ1) is 15.2. The number of rotatable bonds is 5. The molecule has 8 heteroatoms. The summed E-state index contributed by atoms with van der Waals surface area (Å²) in [6.45, 7) is 7.88. The number of nitro groups is 1. The summed E-state index contributed by atoms with van der Waals surface area (Å²) in [5.74, 6) is 1.27. The standard InChI is InChI=1S/C24H24N3O4P/c1-17-14-15-22(30-17)32(24(2,3)4,26-19-11-5-6-12-20(19)27(28)29)31-21-13-7-9-18-10-8-16-25-23(18)21/h5-16H,1-4H3/t32-/m0/s1. The molecule has 0 radical (unpaired) electrons. The molecule has 0 amide bonds. The molecule has 0 N–H and O–H groups in total. The number of aryl methyl sites for hydroxylation is 1. The van der Waals surface area contributed by atoms with Gasteiger partial charge in [-0.25, -0.2) is 4.74 Å². The minimum absolute atomic E-state index is 0.0796. The predicted molar refractivity (Wildman–Crippen MR) is 127 cm³/mol. The van der Waals surface area contributed by atoms with Crippen LogP contribution >= 0.6 is 7.28 Å². The van der Waals surface area contributed by atoms with Crippen LogP contribution in [0.3, 0.4) is 0 Å². The Bertz CT molecular complexity index is 1350. The van der Waals surface area contributed by atoms with Crippen LogP contribution in [0.1, 0.15) is 26.5 Å². The summed E-state index contributed by atoms with van der Waals surface area (Å²) >= 11 is 0. The van der Waals surface area contributed by atoms with Gasteiger partial charge in [0.25, 0.3) is 5.69 Å². The van der Waals surface area contributed by atoms with Crippen molar-refractivity contribution in [3.63, 3.8) is 0 Å². The van der Waals surface area contributed by atoms with Crippen LogP contribution in [0, 0.1) is 17.0 Å². The Morgan fingerprint density at radius 2 is 1.78 bits per heavy atom. The van der Waals surface area contributed by atoms with Crippen molar-refractivity contribution in [3.8, 4) is 5.75 Å². The van der Waals surface area contributed by atoms with Gasteiger partial charge in [0.15, 0.2) is 11.3 Å². The highest BCUT2D eigenvalue weighted by Gasteiger charge is 2.42. The van der Waals surface area contributed by atoms with Crippen molar-refractivity contribution in [2.75, 3.05) is 0 Å². The lowest BCUT2D eigenvalue weighted by atomic mass is 10.2. The molecule has 0 saturated carbocycles. The average molecular weight is 449 g/mol. The summed E-state index contributed by atoms with van der Waals surface area (Å²) in [7, 11) is -3.01. The van der Waals surface area contributed by atoms with Crippen LogP contribution in [-0.2, 0) is 0 Å². The first kappa shape index (κ1) is 21.8. The Balaban J connectivity index is 2.06. The van der Waals surface area contributed by atoms with Gasteiger partial charge in [0.1, 0.15) is 17.0 Å². The topological polar surface area (TPSA) is 90.8 Å². The van der Waals surface area contributed by atoms with E-state index in [4.69, 9.17) is 13.7 Å². The van der Waals surface area contributed by atoms with Gasteiger partial charge >= 0.3 is 0 Å². The fourth-order valence-corrected chi connectivity index (χ4v) is 6.38. The number of para-hydroxylation sites is 2. The minimum Gasteiger partial charge on any atom is -0.457 e. The summed E-state index contributed by atoms with van der Waals surface area (Å²) < 4.78 is 17.9. The van der Waals surface area contributed by atoms with Gasteiger partial charge in [-0.05, 0) is 37.3 Å². The first-order valence-corrected chi connectivity index (χ1v) is 11.8. The molecule has 0 spiro atoms. The molecule has 32 heavy (non-hydrogen) atoms. The van der Waals surface area contributed by atoms with E-state index >= 15 is 0 Å². The molecule has 0 aliphatic rings. The van der Waals surface area contributed by atoms with Crippen LogP contribution < -0.4 is 10.0 Å². The number of hydrogen-bond acceptors (Lipinski definition) is 6. The Labute approximate surface area is 186 Å². The largest absolute Gasteiger partial charge is 0.457 e. The predicted octanol–water partition coefficient (Wildman–Crippen LogP) is 7.00. The summed E-state index contributed by atoms with van der Waals surface area (Å²) in [6, 6.07) is 19.7. The third kappa shape index (κ3) is 3.92. The van der Waals surface area contributed by atoms with Gasteiger partial charge < -0.3 is 8.94 Å². The van der Waals surface area contributed by atoms with E-state index in [2.05, 4.69) is 4.98 Å². The van der Waals surface area contributed by atoms with E-state index in [1.165, 1.54) is 6.07 Å². The summed E-state index contributed by atoms with van der Waals surface area (Å²) in [6.07, 6.45) is 1.71. The molecule has 4 aromatic rings. The maximum Gasteiger partial charge on any atom is 0.294 e. The molecular formula is C24H24N3O4P. The molecule has 0 aliphatic carbocycles. The molecule has 164 valence electrons. The van der Waals surface area contributed by atoms with E-state index in [9.17, 15) is 10.1 Å². The molecular weight excluding hydrogens is 425 g/mol. The average Bonchev–Trinajstić information content (AvgIpc) is 3.19. The van der Waals surface area contributed by atoms with E-state index in [0.29, 0.717) is 22.5 Å². The molecule has 0 unspecified atom stereocenters. The van der Waals surface area contributed by atoms with Gasteiger partial charge in [-0.1, -0.05) is 51.1 Å². The monoisotopic (exact) mass is 449 g/mol. The van der Waals surface area contributed by atoms with Gasteiger partial charge in [0.2, 0.25) is 7.28 Å². The minimum atomic E-state index is -3.01.